The zero-order valence-corrected chi connectivity index (χ0v) is 7.09. The molecule has 0 spiro atoms. The summed E-state index contributed by atoms with van der Waals surface area (Å²) < 4.78 is 5.38. The third kappa shape index (κ3) is 1.25. The third-order valence-electron chi connectivity index (χ3n) is 1.61. The fraction of sp³-hybridized carbons (Fsp3) is 0.750. The lowest BCUT2D eigenvalue weighted by Gasteiger charge is -2.31. The van der Waals surface area contributed by atoms with E-state index in [-0.39, 0.29) is 11.6 Å². The van der Waals surface area contributed by atoms with Crippen LogP contribution in [0, 0.1) is 5.41 Å². The smallest absolute Gasteiger partial charge is 0.175 e. The molecular weight excluding hydrogens is 126 g/mol. The minimum Gasteiger partial charge on any atom is -0.476 e. The highest BCUT2D eigenvalue weighted by atomic mass is 16.5. The monoisotopic (exact) mass is 141 g/mol. The van der Waals surface area contributed by atoms with Gasteiger partial charge in [-0.15, -0.1) is 0 Å². The molecule has 10 heavy (non-hydrogen) atoms. The molecule has 1 unspecified atom stereocenters. The number of rotatable bonds is 0. The molecule has 58 valence electrons. The molecule has 1 aliphatic rings. The van der Waals surface area contributed by atoms with Gasteiger partial charge in [0.25, 0.3) is 0 Å². The van der Waals surface area contributed by atoms with Crippen molar-refractivity contribution in [3.05, 3.63) is 12.5 Å². The first-order valence-electron chi connectivity index (χ1n) is 3.56. The fourth-order valence-electron chi connectivity index (χ4n) is 1.19. The summed E-state index contributed by atoms with van der Waals surface area (Å²) in [4.78, 5) is 2.08. The zero-order chi connectivity index (χ0) is 7.78. The standard InChI is InChI=1S/C8H15NO/c1-8(2,3)7-9(4)5-6-10-7/h5-7H,1-4H3. The molecule has 0 aromatic carbocycles. The van der Waals surface area contributed by atoms with Gasteiger partial charge in [0.05, 0.1) is 0 Å². The van der Waals surface area contributed by atoms with Crippen LogP contribution in [0.4, 0.5) is 0 Å². The normalized spacial score (nSPS) is 25.2. The van der Waals surface area contributed by atoms with E-state index in [1.807, 2.05) is 13.2 Å². The van der Waals surface area contributed by atoms with E-state index < -0.39 is 0 Å². The van der Waals surface area contributed by atoms with E-state index in [0.29, 0.717) is 0 Å². The molecule has 0 radical (unpaired) electrons. The first-order valence-corrected chi connectivity index (χ1v) is 3.56. The molecule has 2 nitrogen and oxygen atoms in total. The van der Waals surface area contributed by atoms with Gasteiger partial charge >= 0.3 is 0 Å². The number of nitrogens with zero attached hydrogens (tertiary/aromatic N) is 1. The van der Waals surface area contributed by atoms with E-state index in [9.17, 15) is 0 Å². The van der Waals surface area contributed by atoms with Crippen molar-refractivity contribution in [2.75, 3.05) is 7.05 Å². The average molecular weight is 141 g/mol. The first kappa shape index (κ1) is 7.45. The summed E-state index contributed by atoms with van der Waals surface area (Å²) in [5.41, 5.74) is 0.193. The molecule has 0 aliphatic carbocycles. The first-order chi connectivity index (χ1) is 4.52. The Morgan fingerprint density at radius 1 is 1.40 bits per heavy atom. The van der Waals surface area contributed by atoms with Crippen molar-refractivity contribution in [2.45, 2.75) is 27.0 Å². The minimum absolute atomic E-state index is 0.193. The zero-order valence-electron chi connectivity index (χ0n) is 7.09. The largest absolute Gasteiger partial charge is 0.476 e. The highest BCUT2D eigenvalue weighted by molar-refractivity contribution is 4.89. The van der Waals surface area contributed by atoms with Crippen LogP contribution in [0.1, 0.15) is 20.8 Å². The Labute approximate surface area is 62.5 Å². The summed E-state index contributed by atoms with van der Waals surface area (Å²) in [5, 5.41) is 0. The maximum absolute atomic E-state index is 5.38. The van der Waals surface area contributed by atoms with Gasteiger partial charge < -0.3 is 9.64 Å². The topological polar surface area (TPSA) is 12.5 Å². The van der Waals surface area contributed by atoms with Crippen molar-refractivity contribution in [3.63, 3.8) is 0 Å². The summed E-state index contributed by atoms with van der Waals surface area (Å²) in [5.74, 6) is 0. The van der Waals surface area contributed by atoms with Crippen molar-refractivity contribution in [1.82, 2.24) is 4.90 Å². The molecule has 2 heteroatoms. The van der Waals surface area contributed by atoms with Gasteiger partial charge in [-0.05, 0) is 0 Å². The molecule has 0 N–H and O–H groups in total. The van der Waals surface area contributed by atoms with Crippen LogP contribution in [-0.2, 0) is 4.74 Å². The number of ether oxygens (including phenoxy) is 1. The maximum Gasteiger partial charge on any atom is 0.175 e. The Bertz CT molecular complexity index is 146. The molecule has 0 aromatic rings. The van der Waals surface area contributed by atoms with E-state index in [1.165, 1.54) is 0 Å². The van der Waals surface area contributed by atoms with Gasteiger partial charge in [0.2, 0.25) is 0 Å². The Morgan fingerprint density at radius 2 is 2.00 bits per heavy atom. The molecule has 1 atom stereocenters. The van der Waals surface area contributed by atoms with Gasteiger partial charge in [-0.2, -0.15) is 0 Å². The second-order valence-corrected chi connectivity index (χ2v) is 3.81. The van der Waals surface area contributed by atoms with Gasteiger partial charge in [0, 0.05) is 18.7 Å². The lowest BCUT2D eigenvalue weighted by atomic mass is 9.94. The summed E-state index contributed by atoms with van der Waals surface area (Å²) in [6, 6.07) is 0. The minimum atomic E-state index is 0.193. The Morgan fingerprint density at radius 3 is 2.20 bits per heavy atom. The molecule has 0 fully saturated rings. The van der Waals surface area contributed by atoms with Crippen molar-refractivity contribution in [2.24, 2.45) is 5.41 Å². The van der Waals surface area contributed by atoms with Gasteiger partial charge in [-0.25, -0.2) is 0 Å². The Kier molecular flexibility index (Phi) is 1.63. The van der Waals surface area contributed by atoms with E-state index in [2.05, 4.69) is 25.7 Å². The average Bonchev–Trinajstić information content (AvgIpc) is 2.11. The molecule has 0 bridgehead atoms. The van der Waals surface area contributed by atoms with E-state index >= 15 is 0 Å². The van der Waals surface area contributed by atoms with E-state index in [4.69, 9.17) is 4.74 Å². The van der Waals surface area contributed by atoms with Crippen LogP contribution in [0.25, 0.3) is 0 Å². The van der Waals surface area contributed by atoms with Crippen molar-refractivity contribution in [3.8, 4) is 0 Å². The van der Waals surface area contributed by atoms with Crippen LogP contribution in [0.3, 0.4) is 0 Å². The van der Waals surface area contributed by atoms with Gasteiger partial charge in [0.15, 0.2) is 6.23 Å². The predicted molar refractivity (Wildman–Crippen MR) is 41.2 cm³/mol. The van der Waals surface area contributed by atoms with Gasteiger partial charge in [-0.1, -0.05) is 20.8 Å². The molecule has 1 aliphatic heterocycles. The summed E-state index contributed by atoms with van der Waals surface area (Å²) in [7, 11) is 2.03. The second-order valence-electron chi connectivity index (χ2n) is 3.81. The van der Waals surface area contributed by atoms with E-state index in [0.717, 1.165) is 0 Å². The number of hydrogen-bond acceptors (Lipinski definition) is 2. The summed E-state index contributed by atoms with van der Waals surface area (Å²) in [6.07, 6.45) is 3.90. The van der Waals surface area contributed by atoms with Crippen molar-refractivity contribution >= 4 is 0 Å². The van der Waals surface area contributed by atoms with Crippen LogP contribution in [-0.4, -0.2) is 18.2 Å². The second kappa shape index (κ2) is 2.19. The van der Waals surface area contributed by atoms with Crippen LogP contribution in [0.5, 0.6) is 0 Å². The highest BCUT2D eigenvalue weighted by Gasteiger charge is 2.30. The van der Waals surface area contributed by atoms with Crippen molar-refractivity contribution in [1.29, 1.82) is 0 Å². The van der Waals surface area contributed by atoms with Crippen LogP contribution in [0.2, 0.25) is 0 Å². The SMILES string of the molecule is CN1C=COC1C(C)(C)C. The highest BCUT2D eigenvalue weighted by Crippen LogP contribution is 2.27. The van der Waals surface area contributed by atoms with Crippen molar-refractivity contribution < 1.29 is 4.74 Å². The maximum atomic E-state index is 5.38. The molecule has 0 saturated carbocycles. The fourth-order valence-corrected chi connectivity index (χ4v) is 1.19. The van der Waals surface area contributed by atoms with Crippen LogP contribution in [0.15, 0.2) is 12.5 Å². The van der Waals surface area contributed by atoms with Gasteiger partial charge in [-0.3, -0.25) is 0 Å². The molecule has 0 amide bonds. The lowest BCUT2D eigenvalue weighted by molar-refractivity contribution is -0.0169. The predicted octanol–water partition coefficient (Wildman–Crippen LogP) is 1.79. The van der Waals surface area contributed by atoms with Crippen LogP contribution >= 0.6 is 0 Å². The molecule has 1 heterocycles. The molecule has 0 saturated heterocycles. The summed E-state index contributed by atoms with van der Waals surface area (Å²) in [6.45, 7) is 6.50. The van der Waals surface area contributed by atoms with Crippen LogP contribution < -0.4 is 0 Å². The van der Waals surface area contributed by atoms with E-state index in [1.54, 1.807) is 6.26 Å². The number of hydrogen-bond donors (Lipinski definition) is 0. The lowest BCUT2D eigenvalue weighted by Crippen LogP contribution is -2.36. The molecular formula is C8H15NO. The third-order valence-corrected chi connectivity index (χ3v) is 1.61. The Hall–Kier alpha value is -0.660. The molecule has 0 aromatic heterocycles. The summed E-state index contributed by atoms with van der Waals surface area (Å²) >= 11 is 0. The Balaban J connectivity index is 2.60. The van der Waals surface area contributed by atoms with Gasteiger partial charge in [0.1, 0.15) is 6.26 Å². The molecule has 1 rings (SSSR count). The quantitative estimate of drug-likeness (QED) is 0.510.